The van der Waals surface area contributed by atoms with Crippen molar-refractivity contribution in [1.29, 1.82) is 0 Å². The third-order valence-corrected chi connectivity index (χ3v) is 11.5. The van der Waals surface area contributed by atoms with E-state index in [9.17, 15) is 19.8 Å². The fourth-order valence-corrected chi connectivity index (χ4v) is 8.99. The normalized spacial score (nSPS) is 39.5. The summed E-state index contributed by atoms with van der Waals surface area (Å²) in [5, 5.41) is 22.4. The minimum absolute atomic E-state index is 0.112. The van der Waals surface area contributed by atoms with Crippen LogP contribution in [0.25, 0.3) is 0 Å². The highest BCUT2D eigenvalue weighted by Crippen LogP contribution is 2.69. The topological polar surface area (TPSA) is 105 Å². The molecule has 0 aromatic heterocycles. The van der Waals surface area contributed by atoms with Crippen LogP contribution in [0.5, 0.6) is 0 Å². The Balaban J connectivity index is 1.41. The monoisotopic (exact) mass is 423 g/mol. The summed E-state index contributed by atoms with van der Waals surface area (Å²) in [6, 6.07) is 0.578. The zero-order valence-electron chi connectivity index (χ0n) is 17.5. The molecule has 8 heteroatoms. The third kappa shape index (κ3) is 3.19. The lowest BCUT2D eigenvalue weighted by atomic mass is 9.63. The largest absolute Gasteiger partial charge is 0.481 e. The van der Waals surface area contributed by atoms with Crippen molar-refractivity contribution >= 4 is 20.4 Å². The van der Waals surface area contributed by atoms with Crippen LogP contribution in [0.4, 0.5) is 0 Å². The summed E-state index contributed by atoms with van der Waals surface area (Å²) in [6.45, 7) is 2.64. The predicted octanol–water partition coefficient (Wildman–Crippen LogP) is 1.55. The fourth-order valence-electron chi connectivity index (χ4n) is 7.29. The van der Waals surface area contributed by atoms with Crippen molar-refractivity contribution in [1.82, 2.24) is 5.32 Å². The first kappa shape index (κ1) is 21.0. The lowest BCUT2D eigenvalue weighted by Gasteiger charge is -2.40. The van der Waals surface area contributed by atoms with E-state index in [0.717, 1.165) is 12.8 Å². The number of aliphatic hydroxyl groups is 1. The molecule has 4 rings (SSSR count). The molecule has 0 radical (unpaired) electrons. The molecule has 8 atom stereocenters. The Morgan fingerprint density at radius 3 is 2.48 bits per heavy atom. The molecule has 8 unspecified atom stereocenters. The Kier molecular flexibility index (Phi) is 5.65. The molecule has 0 heterocycles. The lowest BCUT2D eigenvalue weighted by molar-refractivity contribution is -0.152. The van der Waals surface area contributed by atoms with Gasteiger partial charge in [-0.25, -0.2) is 0 Å². The van der Waals surface area contributed by atoms with Crippen molar-refractivity contribution in [3.63, 3.8) is 0 Å². The Hall–Kier alpha value is -1.22. The van der Waals surface area contributed by atoms with Gasteiger partial charge in [-0.15, -0.1) is 0 Å². The molecule has 4 aliphatic carbocycles. The molecule has 0 aromatic carbocycles. The third-order valence-electron chi connectivity index (χ3n) is 8.44. The van der Waals surface area contributed by atoms with E-state index in [1.165, 1.54) is 5.57 Å². The molecule has 162 valence electrons. The smallest absolute Gasteiger partial charge is 0.364 e. The average molecular weight is 424 g/mol. The quantitative estimate of drug-likeness (QED) is 0.225. The van der Waals surface area contributed by atoms with E-state index in [4.69, 9.17) is 8.85 Å². The summed E-state index contributed by atoms with van der Waals surface area (Å²) < 4.78 is 10.8. The first-order valence-corrected chi connectivity index (χ1v) is 13.0. The van der Waals surface area contributed by atoms with Gasteiger partial charge >= 0.3 is 14.5 Å². The van der Waals surface area contributed by atoms with E-state index in [1.54, 1.807) is 14.2 Å². The number of hydrogen-bond donors (Lipinski definition) is 3. The van der Waals surface area contributed by atoms with Gasteiger partial charge in [0.05, 0.1) is 18.1 Å². The SMILES string of the molecule is CO[Si](CO)(CCCNC(=O)C1C2CC(C1C(=O)O)C1C3C=C(C)C(C3)C21)OC. The number of carboxylic acids is 1. The Morgan fingerprint density at radius 1 is 1.17 bits per heavy atom. The van der Waals surface area contributed by atoms with Crippen molar-refractivity contribution in [2.45, 2.75) is 32.2 Å². The highest BCUT2D eigenvalue weighted by molar-refractivity contribution is 6.67. The maximum absolute atomic E-state index is 13.1. The zero-order valence-corrected chi connectivity index (χ0v) is 18.5. The van der Waals surface area contributed by atoms with Gasteiger partial charge in [0.2, 0.25) is 5.91 Å². The van der Waals surface area contributed by atoms with E-state index in [-0.39, 0.29) is 24.0 Å². The van der Waals surface area contributed by atoms with Crippen LogP contribution in [0.2, 0.25) is 6.04 Å². The summed E-state index contributed by atoms with van der Waals surface area (Å²) in [5.41, 5.74) is 1.44. The Morgan fingerprint density at radius 2 is 1.86 bits per heavy atom. The van der Waals surface area contributed by atoms with Crippen molar-refractivity contribution in [3.8, 4) is 0 Å². The van der Waals surface area contributed by atoms with Gasteiger partial charge in [0.1, 0.15) is 0 Å². The molecule has 0 saturated heterocycles. The van der Waals surface area contributed by atoms with Gasteiger partial charge in [-0.1, -0.05) is 11.6 Å². The zero-order chi connectivity index (χ0) is 20.9. The number of amides is 1. The van der Waals surface area contributed by atoms with E-state index in [1.807, 2.05) is 0 Å². The molecular formula is C21H33NO6Si. The number of fused-ring (bicyclic) bond motifs is 9. The number of rotatable bonds is 9. The van der Waals surface area contributed by atoms with Crippen molar-refractivity contribution in [2.75, 3.05) is 27.0 Å². The summed E-state index contributed by atoms with van der Waals surface area (Å²) in [7, 11) is 0.486. The van der Waals surface area contributed by atoms with Gasteiger partial charge in [-0.3, -0.25) is 9.59 Å². The van der Waals surface area contributed by atoms with Gasteiger partial charge in [-0.2, -0.15) is 0 Å². The van der Waals surface area contributed by atoms with Gasteiger partial charge in [0, 0.05) is 20.8 Å². The lowest BCUT2D eigenvalue weighted by Crippen LogP contribution is -2.48. The second kappa shape index (κ2) is 7.79. The number of carbonyl (C=O) groups is 2. The molecular weight excluding hydrogens is 390 g/mol. The van der Waals surface area contributed by atoms with E-state index in [2.05, 4.69) is 18.3 Å². The van der Waals surface area contributed by atoms with Crippen molar-refractivity contribution < 1.29 is 28.7 Å². The summed E-state index contributed by atoms with van der Waals surface area (Å²) in [5.74, 6) is 0.423. The number of hydrogen-bond acceptors (Lipinski definition) is 5. The minimum atomic E-state index is -2.60. The number of aliphatic hydroxyl groups excluding tert-OH is 1. The van der Waals surface area contributed by atoms with Crippen LogP contribution in [0.1, 0.15) is 26.2 Å². The molecule has 0 aromatic rings. The van der Waals surface area contributed by atoms with Gasteiger partial charge in [-0.05, 0) is 67.7 Å². The highest BCUT2D eigenvalue weighted by Gasteiger charge is 2.68. The standard InChI is InChI=1S/C21H33NO6Si/c1-11-7-12-8-13(11)17-15-9-14(16(12)17)19(21(25)26)18(15)20(24)22-5-4-6-29(10-23,27-2)28-3/h7,12-19,23H,4-6,8-10H2,1-3H3,(H,22,24)(H,25,26). The van der Waals surface area contributed by atoms with Gasteiger partial charge < -0.3 is 24.4 Å². The number of aliphatic carboxylic acids is 1. The number of allylic oxidation sites excluding steroid dienone is 2. The Labute approximate surface area is 173 Å². The van der Waals surface area contributed by atoms with Crippen molar-refractivity contribution in [3.05, 3.63) is 11.6 Å². The van der Waals surface area contributed by atoms with E-state index in [0.29, 0.717) is 42.7 Å². The first-order valence-electron chi connectivity index (χ1n) is 10.8. The van der Waals surface area contributed by atoms with Crippen LogP contribution in [0, 0.1) is 47.3 Å². The average Bonchev–Trinajstić information content (AvgIpc) is 3.45. The molecule has 0 spiro atoms. The van der Waals surface area contributed by atoms with Crippen molar-refractivity contribution in [2.24, 2.45) is 47.3 Å². The highest BCUT2D eigenvalue weighted by atomic mass is 28.4. The summed E-state index contributed by atoms with van der Waals surface area (Å²) >= 11 is 0. The van der Waals surface area contributed by atoms with Crippen LogP contribution in [0.15, 0.2) is 11.6 Å². The van der Waals surface area contributed by atoms with Crippen LogP contribution in [-0.2, 0) is 18.4 Å². The predicted molar refractivity (Wildman–Crippen MR) is 108 cm³/mol. The second-order valence-electron chi connectivity index (χ2n) is 9.40. The minimum Gasteiger partial charge on any atom is -0.481 e. The molecule has 3 fully saturated rings. The molecule has 3 saturated carbocycles. The number of carboxylic acid groups (broad SMARTS) is 1. The summed E-state index contributed by atoms with van der Waals surface area (Å²) in [6.07, 6.45) is 4.91. The molecule has 7 nitrogen and oxygen atoms in total. The maximum atomic E-state index is 13.1. The molecule has 3 N–H and O–H groups in total. The molecule has 1 amide bonds. The molecule has 0 aliphatic heterocycles. The number of carbonyl (C=O) groups excluding carboxylic acids is 1. The van der Waals surface area contributed by atoms with Gasteiger partial charge in [0.25, 0.3) is 0 Å². The maximum Gasteiger partial charge on any atom is 0.364 e. The van der Waals surface area contributed by atoms with E-state index >= 15 is 0 Å². The van der Waals surface area contributed by atoms with Crippen LogP contribution in [0.3, 0.4) is 0 Å². The summed E-state index contributed by atoms with van der Waals surface area (Å²) in [4.78, 5) is 25.2. The molecule has 4 bridgehead atoms. The Bertz CT molecular complexity index is 699. The number of nitrogens with one attached hydrogen (secondary N) is 1. The van der Waals surface area contributed by atoms with Crippen LogP contribution < -0.4 is 5.32 Å². The van der Waals surface area contributed by atoms with E-state index < -0.39 is 26.4 Å². The molecule has 4 aliphatic rings. The van der Waals surface area contributed by atoms with Gasteiger partial charge in [0.15, 0.2) is 0 Å². The molecule has 29 heavy (non-hydrogen) atoms. The fraction of sp³-hybridized carbons (Fsp3) is 0.810. The first-order chi connectivity index (χ1) is 13.9. The van der Waals surface area contributed by atoms with Crippen LogP contribution in [-0.4, -0.2) is 57.6 Å². The second-order valence-corrected chi connectivity index (χ2v) is 12.9. The van der Waals surface area contributed by atoms with Crippen LogP contribution >= 0.6 is 0 Å².